The summed E-state index contributed by atoms with van der Waals surface area (Å²) in [4.78, 5) is 0. The van der Waals surface area contributed by atoms with Crippen LogP contribution in [0.3, 0.4) is 0 Å². The molecule has 0 fully saturated rings. The Hall–Kier alpha value is -1.51. The highest BCUT2D eigenvalue weighted by Crippen LogP contribution is 2.43. The predicted molar refractivity (Wildman–Crippen MR) is 55.9 cm³/mol. The summed E-state index contributed by atoms with van der Waals surface area (Å²) in [5.41, 5.74) is 1.15. The second-order valence-corrected chi connectivity index (χ2v) is 3.90. The Bertz CT molecular complexity index is 481. The molecule has 2 N–H and O–H groups in total. The molecule has 0 heterocycles. The van der Waals surface area contributed by atoms with Gasteiger partial charge in [0.2, 0.25) is 0 Å². The van der Waals surface area contributed by atoms with Gasteiger partial charge >= 0.3 is 12.4 Å². The zero-order valence-corrected chi connectivity index (χ0v) is 10.1. The fraction of sp³-hybridized carbons (Fsp3) is 0.455. The van der Waals surface area contributed by atoms with Gasteiger partial charge in [0.15, 0.2) is 0 Å². The van der Waals surface area contributed by atoms with Crippen molar-refractivity contribution < 1.29 is 35.5 Å². The van der Waals surface area contributed by atoms with Crippen molar-refractivity contribution >= 4 is 0 Å². The van der Waals surface area contributed by atoms with Crippen molar-refractivity contribution in [3.05, 3.63) is 28.8 Å². The smallest absolute Gasteiger partial charge is 0.416 e. The first-order valence-electron chi connectivity index (χ1n) is 5.20. The van der Waals surface area contributed by atoms with Gasteiger partial charge in [-0.25, -0.2) is 4.39 Å². The fourth-order valence-electron chi connectivity index (χ4n) is 1.65. The standard InChI is InChI=1S/C11H10F7NO/c1-20-8-3-5(10(13,14)15)2-6(11(16,17)18)9(8)7(19)4-12/h2-3,7H,4,19H2,1H3/t7-/m0/s1. The molecule has 1 rings (SSSR count). The SMILES string of the molecule is COc1cc(C(F)(F)F)cc(C(F)(F)F)c1[C@@H](N)CF. The van der Waals surface area contributed by atoms with Crippen molar-refractivity contribution in [3.8, 4) is 5.75 Å². The number of halogens is 7. The average Bonchev–Trinajstić information content (AvgIpc) is 2.33. The number of hydrogen-bond donors (Lipinski definition) is 1. The normalized spacial score (nSPS) is 14.2. The number of rotatable bonds is 3. The molecule has 0 amide bonds. The molecule has 0 unspecified atom stereocenters. The molecule has 1 aromatic carbocycles. The van der Waals surface area contributed by atoms with Crippen molar-refractivity contribution in [3.63, 3.8) is 0 Å². The number of hydrogen-bond acceptors (Lipinski definition) is 2. The van der Waals surface area contributed by atoms with Crippen molar-refractivity contribution in [2.75, 3.05) is 13.8 Å². The first-order valence-corrected chi connectivity index (χ1v) is 5.20. The van der Waals surface area contributed by atoms with E-state index in [4.69, 9.17) is 5.73 Å². The first-order chi connectivity index (χ1) is 9.02. The van der Waals surface area contributed by atoms with Crippen LogP contribution in [0.4, 0.5) is 30.7 Å². The Morgan fingerprint density at radius 2 is 1.65 bits per heavy atom. The minimum absolute atomic E-state index is 0.104. The van der Waals surface area contributed by atoms with E-state index in [1.165, 1.54) is 0 Å². The highest BCUT2D eigenvalue weighted by atomic mass is 19.4. The number of benzene rings is 1. The predicted octanol–water partition coefficient (Wildman–Crippen LogP) is 3.70. The molecule has 0 aromatic heterocycles. The van der Waals surface area contributed by atoms with Crippen LogP contribution in [0, 0.1) is 0 Å². The Morgan fingerprint density at radius 1 is 1.10 bits per heavy atom. The quantitative estimate of drug-likeness (QED) is 0.864. The number of methoxy groups -OCH3 is 1. The molecule has 0 saturated heterocycles. The van der Waals surface area contributed by atoms with Gasteiger partial charge in [-0.2, -0.15) is 26.3 Å². The second-order valence-electron chi connectivity index (χ2n) is 3.90. The van der Waals surface area contributed by atoms with Gasteiger partial charge < -0.3 is 10.5 Å². The number of nitrogens with two attached hydrogens (primary N) is 1. The molecule has 1 aromatic rings. The van der Waals surface area contributed by atoms with E-state index >= 15 is 0 Å². The number of alkyl halides is 7. The second kappa shape index (κ2) is 5.47. The van der Waals surface area contributed by atoms with Gasteiger partial charge in [-0.3, -0.25) is 0 Å². The molecule has 0 spiro atoms. The van der Waals surface area contributed by atoms with E-state index in [2.05, 4.69) is 4.74 Å². The lowest BCUT2D eigenvalue weighted by Crippen LogP contribution is -2.21. The van der Waals surface area contributed by atoms with E-state index in [-0.39, 0.29) is 6.07 Å². The summed E-state index contributed by atoms with van der Waals surface area (Å²) < 4.78 is 93.2. The molecule has 0 bridgehead atoms. The van der Waals surface area contributed by atoms with Crippen LogP contribution in [-0.2, 0) is 12.4 Å². The fourth-order valence-corrected chi connectivity index (χ4v) is 1.65. The lowest BCUT2D eigenvalue weighted by atomic mass is 9.96. The third-order valence-electron chi connectivity index (χ3n) is 2.53. The van der Waals surface area contributed by atoms with Crippen molar-refractivity contribution in [1.82, 2.24) is 0 Å². The molecule has 0 radical (unpaired) electrons. The topological polar surface area (TPSA) is 35.2 Å². The summed E-state index contributed by atoms with van der Waals surface area (Å²) >= 11 is 0. The van der Waals surface area contributed by atoms with Crippen LogP contribution >= 0.6 is 0 Å². The lowest BCUT2D eigenvalue weighted by molar-refractivity contribution is -0.143. The van der Waals surface area contributed by atoms with Gasteiger partial charge in [0, 0.05) is 5.56 Å². The van der Waals surface area contributed by atoms with Crippen LogP contribution < -0.4 is 10.5 Å². The average molecular weight is 305 g/mol. The Morgan fingerprint density at radius 3 is 2.00 bits per heavy atom. The van der Waals surface area contributed by atoms with Gasteiger partial charge in [0.25, 0.3) is 0 Å². The van der Waals surface area contributed by atoms with Gasteiger partial charge in [0.1, 0.15) is 12.4 Å². The lowest BCUT2D eigenvalue weighted by Gasteiger charge is -2.21. The summed E-state index contributed by atoms with van der Waals surface area (Å²) in [6, 6.07) is -1.48. The monoisotopic (exact) mass is 305 g/mol. The minimum atomic E-state index is -5.11. The third kappa shape index (κ3) is 3.33. The molecule has 114 valence electrons. The molecule has 0 aliphatic carbocycles. The van der Waals surface area contributed by atoms with E-state index < -0.39 is 47.5 Å². The highest BCUT2D eigenvalue weighted by Gasteiger charge is 2.41. The first kappa shape index (κ1) is 16.5. The molecule has 0 aliphatic heterocycles. The Balaban J connectivity index is 3.65. The molecule has 0 aliphatic rings. The molecule has 2 nitrogen and oxygen atoms in total. The van der Waals surface area contributed by atoms with E-state index in [1.54, 1.807) is 0 Å². The van der Waals surface area contributed by atoms with Crippen molar-refractivity contribution in [1.29, 1.82) is 0 Å². The van der Waals surface area contributed by atoms with Crippen LogP contribution in [0.25, 0.3) is 0 Å². The van der Waals surface area contributed by atoms with Gasteiger partial charge in [-0.1, -0.05) is 0 Å². The van der Waals surface area contributed by atoms with Crippen LogP contribution in [0.1, 0.15) is 22.7 Å². The van der Waals surface area contributed by atoms with E-state index in [1.807, 2.05) is 0 Å². The summed E-state index contributed by atoms with van der Waals surface area (Å²) in [6.07, 6.45) is -10.1. The zero-order valence-electron chi connectivity index (χ0n) is 10.1. The summed E-state index contributed by atoms with van der Waals surface area (Å²) in [6.45, 7) is -1.37. The molecular formula is C11H10F7NO. The largest absolute Gasteiger partial charge is 0.496 e. The van der Waals surface area contributed by atoms with E-state index in [0.29, 0.717) is 6.07 Å². The van der Waals surface area contributed by atoms with Crippen LogP contribution in [-0.4, -0.2) is 13.8 Å². The van der Waals surface area contributed by atoms with Gasteiger partial charge in [0.05, 0.1) is 24.3 Å². The summed E-state index contributed by atoms with van der Waals surface area (Å²) in [5.74, 6) is -0.753. The van der Waals surface area contributed by atoms with Crippen LogP contribution in [0.5, 0.6) is 5.75 Å². The summed E-state index contributed by atoms with van der Waals surface area (Å²) in [7, 11) is 0.879. The maximum absolute atomic E-state index is 12.8. The summed E-state index contributed by atoms with van der Waals surface area (Å²) in [5, 5.41) is 0. The maximum Gasteiger partial charge on any atom is 0.416 e. The van der Waals surface area contributed by atoms with Crippen molar-refractivity contribution in [2.24, 2.45) is 5.73 Å². The van der Waals surface area contributed by atoms with Crippen LogP contribution in [0.2, 0.25) is 0 Å². The number of ether oxygens (including phenoxy) is 1. The molecule has 0 saturated carbocycles. The third-order valence-corrected chi connectivity index (χ3v) is 2.53. The Labute approximate surface area is 109 Å². The van der Waals surface area contributed by atoms with E-state index in [9.17, 15) is 30.7 Å². The Kier molecular flexibility index (Phi) is 4.52. The minimum Gasteiger partial charge on any atom is -0.496 e. The van der Waals surface area contributed by atoms with E-state index in [0.717, 1.165) is 7.11 Å². The maximum atomic E-state index is 12.8. The van der Waals surface area contributed by atoms with Gasteiger partial charge in [-0.05, 0) is 12.1 Å². The zero-order chi connectivity index (χ0) is 15.7. The van der Waals surface area contributed by atoms with Gasteiger partial charge in [-0.15, -0.1) is 0 Å². The highest BCUT2D eigenvalue weighted by molar-refractivity contribution is 5.48. The van der Waals surface area contributed by atoms with Crippen LogP contribution in [0.15, 0.2) is 12.1 Å². The molecule has 9 heteroatoms. The van der Waals surface area contributed by atoms with Crippen molar-refractivity contribution in [2.45, 2.75) is 18.4 Å². The molecule has 1 atom stereocenters. The molecular weight excluding hydrogens is 295 g/mol. The molecule has 20 heavy (non-hydrogen) atoms.